The minimum absolute atomic E-state index is 0.0818. The third-order valence-electron chi connectivity index (χ3n) is 1.90. The van der Waals surface area contributed by atoms with E-state index in [0.717, 1.165) is 19.3 Å². The van der Waals surface area contributed by atoms with Crippen LogP contribution >= 0.6 is 0 Å². The predicted octanol–water partition coefficient (Wildman–Crippen LogP) is 3.02. The summed E-state index contributed by atoms with van der Waals surface area (Å²) in [5.74, 6) is 0. The van der Waals surface area contributed by atoms with Crippen molar-refractivity contribution in [2.75, 3.05) is 6.61 Å². The van der Waals surface area contributed by atoms with Crippen LogP contribution in [-0.2, 0) is 9.47 Å². The van der Waals surface area contributed by atoms with Crippen molar-refractivity contribution in [3.05, 3.63) is 0 Å². The van der Waals surface area contributed by atoms with E-state index in [1.165, 1.54) is 0 Å². The molecule has 0 amide bonds. The highest BCUT2D eigenvalue weighted by atomic mass is 16.7. The first-order valence-corrected chi connectivity index (χ1v) is 5.41. The lowest BCUT2D eigenvalue weighted by Crippen LogP contribution is -2.16. The van der Waals surface area contributed by atoms with Crippen LogP contribution < -0.4 is 0 Å². The van der Waals surface area contributed by atoms with Crippen LogP contribution in [-0.4, -0.2) is 18.9 Å². The fourth-order valence-electron chi connectivity index (χ4n) is 1.13. The van der Waals surface area contributed by atoms with Gasteiger partial charge in [-0.3, -0.25) is 0 Å². The molecule has 4 heteroatoms. The van der Waals surface area contributed by atoms with E-state index in [9.17, 15) is 4.79 Å². The Labute approximate surface area is 91.2 Å². The standard InChI is InChI=1S/C11H19NO3/c1-3-7-10(2)15-11(13)14-9-6-4-5-8-12/h10H,3-7,9H2,1-2H3. The molecule has 0 N–H and O–H groups in total. The summed E-state index contributed by atoms with van der Waals surface area (Å²) < 4.78 is 9.81. The fraction of sp³-hybridized carbons (Fsp3) is 0.818. The number of nitrogens with zero attached hydrogens (tertiary/aromatic N) is 1. The van der Waals surface area contributed by atoms with Crippen molar-refractivity contribution < 1.29 is 14.3 Å². The molecule has 0 bridgehead atoms. The number of nitriles is 1. The second-order valence-corrected chi connectivity index (χ2v) is 3.43. The summed E-state index contributed by atoms with van der Waals surface area (Å²) in [5, 5.41) is 8.27. The Morgan fingerprint density at radius 2 is 2.20 bits per heavy atom. The smallest absolute Gasteiger partial charge is 0.434 e. The third-order valence-corrected chi connectivity index (χ3v) is 1.90. The van der Waals surface area contributed by atoms with Crippen LogP contribution in [0.4, 0.5) is 4.79 Å². The number of carbonyl (C=O) groups excluding carboxylic acids is 1. The lowest BCUT2D eigenvalue weighted by atomic mass is 10.2. The van der Waals surface area contributed by atoms with Gasteiger partial charge in [-0.15, -0.1) is 0 Å². The zero-order chi connectivity index (χ0) is 11.5. The molecule has 0 saturated heterocycles. The van der Waals surface area contributed by atoms with Crippen molar-refractivity contribution >= 4 is 6.16 Å². The molecule has 4 nitrogen and oxygen atoms in total. The van der Waals surface area contributed by atoms with Crippen LogP contribution in [0, 0.1) is 11.3 Å². The molecule has 0 aromatic carbocycles. The van der Waals surface area contributed by atoms with Crippen molar-refractivity contribution in [2.24, 2.45) is 0 Å². The van der Waals surface area contributed by atoms with Gasteiger partial charge in [0.15, 0.2) is 0 Å². The first-order chi connectivity index (χ1) is 7.20. The Bertz CT molecular complexity index is 210. The van der Waals surface area contributed by atoms with Crippen LogP contribution in [0.3, 0.4) is 0 Å². The maximum Gasteiger partial charge on any atom is 0.508 e. The molecule has 0 aliphatic rings. The van der Waals surface area contributed by atoms with Gasteiger partial charge in [0.25, 0.3) is 0 Å². The third kappa shape index (κ3) is 9.07. The zero-order valence-corrected chi connectivity index (χ0v) is 9.49. The molecule has 0 spiro atoms. The quantitative estimate of drug-likeness (QED) is 0.481. The van der Waals surface area contributed by atoms with Gasteiger partial charge in [0.05, 0.1) is 12.7 Å². The SMILES string of the molecule is CCCC(C)OC(=O)OCCCCC#N. The average Bonchev–Trinajstić information content (AvgIpc) is 2.17. The van der Waals surface area contributed by atoms with Crippen molar-refractivity contribution in [3.8, 4) is 6.07 Å². The monoisotopic (exact) mass is 213 g/mol. The van der Waals surface area contributed by atoms with E-state index < -0.39 is 6.16 Å². The van der Waals surface area contributed by atoms with E-state index in [1.807, 2.05) is 19.9 Å². The summed E-state index contributed by atoms with van der Waals surface area (Å²) in [5.41, 5.74) is 0. The number of hydrogen-bond donors (Lipinski definition) is 0. The minimum atomic E-state index is -0.604. The Kier molecular flexibility index (Phi) is 8.55. The molecule has 0 rings (SSSR count). The van der Waals surface area contributed by atoms with Gasteiger partial charge in [0.2, 0.25) is 0 Å². The number of carbonyl (C=O) groups is 1. The molecule has 0 fully saturated rings. The van der Waals surface area contributed by atoms with Crippen LogP contribution in [0.25, 0.3) is 0 Å². The summed E-state index contributed by atoms with van der Waals surface area (Å²) >= 11 is 0. The van der Waals surface area contributed by atoms with Crippen LogP contribution in [0.5, 0.6) is 0 Å². The molecule has 0 saturated carbocycles. The van der Waals surface area contributed by atoms with E-state index in [1.54, 1.807) is 0 Å². The molecule has 86 valence electrons. The van der Waals surface area contributed by atoms with Crippen molar-refractivity contribution in [3.63, 3.8) is 0 Å². The molecule has 0 aromatic rings. The lowest BCUT2D eigenvalue weighted by Gasteiger charge is -2.11. The molecule has 1 unspecified atom stereocenters. The van der Waals surface area contributed by atoms with E-state index in [4.69, 9.17) is 14.7 Å². The van der Waals surface area contributed by atoms with Gasteiger partial charge in [0, 0.05) is 6.42 Å². The molecule has 0 aliphatic heterocycles. The highest BCUT2D eigenvalue weighted by molar-refractivity contribution is 5.59. The largest absolute Gasteiger partial charge is 0.508 e. The summed E-state index contributed by atoms with van der Waals surface area (Å²) in [6, 6.07) is 2.03. The normalized spacial score (nSPS) is 11.5. The Hall–Kier alpha value is -1.24. The predicted molar refractivity (Wildman–Crippen MR) is 56.3 cm³/mol. The van der Waals surface area contributed by atoms with E-state index in [2.05, 4.69) is 0 Å². The average molecular weight is 213 g/mol. The second-order valence-electron chi connectivity index (χ2n) is 3.43. The summed E-state index contributed by atoms with van der Waals surface area (Å²) in [7, 11) is 0. The van der Waals surface area contributed by atoms with E-state index >= 15 is 0 Å². The number of rotatable bonds is 7. The first kappa shape index (κ1) is 13.8. The molecular weight excluding hydrogens is 194 g/mol. The van der Waals surface area contributed by atoms with Gasteiger partial charge in [0.1, 0.15) is 6.10 Å². The van der Waals surface area contributed by atoms with Crippen LogP contribution in [0.2, 0.25) is 0 Å². The highest BCUT2D eigenvalue weighted by Crippen LogP contribution is 2.03. The molecule has 1 atom stereocenters. The van der Waals surface area contributed by atoms with Gasteiger partial charge in [-0.05, 0) is 26.2 Å². The molecule has 0 heterocycles. The van der Waals surface area contributed by atoms with Gasteiger partial charge in [-0.2, -0.15) is 5.26 Å². The van der Waals surface area contributed by atoms with Gasteiger partial charge < -0.3 is 9.47 Å². The Morgan fingerprint density at radius 1 is 1.47 bits per heavy atom. The summed E-state index contributed by atoms with van der Waals surface area (Å²) in [4.78, 5) is 11.1. The molecule has 0 radical (unpaired) electrons. The molecular formula is C11H19NO3. The number of unbranched alkanes of at least 4 members (excludes halogenated alkanes) is 2. The van der Waals surface area contributed by atoms with Gasteiger partial charge >= 0.3 is 6.16 Å². The van der Waals surface area contributed by atoms with Gasteiger partial charge in [-0.1, -0.05) is 13.3 Å². The van der Waals surface area contributed by atoms with E-state index in [0.29, 0.717) is 19.4 Å². The molecule has 0 aliphatic carbocycles. The fourth-order valence-corrected chi connectivity index (χ4v) is 1.13. The Balaban J connectivity index is 3.37. The molecule has 0 aromatic heterocycles. The lowest BCUT2D eigenvalue weighted by molar-refractivity contribution is 0.0258. The minimum Gasteiger partial charge on any atom is -0.434 e. The van der Waals surface area contributed by atoms with Gasteiger partial charge in [-0.25, -0.2) is 4.79 Å². The number of ether oxygens (including phenoxy) is 2. The van der Waals surface area contributed by atoms with Crippen molar-refractivity contribution in [2.45, 2.75) is 52.1 Å². The summed E-state index contributed by atoms with van der Waals surface area (Å²) in [6.45, 7) is 4.22. The topological polar surface area (TPSA) is 59.3 Å². The van der Waals surface area contributed by atoms with Crippen LogP contribution in [0.1, 0.15) is 46.0 Å². The zero-order valence-electron chi connectivity index (χ0n) is 9.49. The molecule has 15 heavy (non-hydrogen) atoms. The maximum absolute atomic E-state index is 11.1. The van der Waals surface area contributed by atoms with Crippen LogP contribution in [0.15, 0.2) is 0 Å². The highest BCUT2D eigenvalue weighted by Gasteiger charge is 2.08. The van der Waals surface area contributed by atoms with E-state index in [-0.39, 0.29) is 6.10 Å². The van der Waals surface area contributed by atoms with Crippen molar-refractivity contribution in [1.82, 2.24) is 0 Å². The number of hydrogen-bond acceptors (Lipinski definition) is 4. The Morgan fingerprint density at radius 3 is 2.80 bits per heavy atom. The second kappa shape index (κ2) is 9.32. The summed E-state index contributed by atoms with van der Waals surface area (Å²) in [6.07, 6.45) is 3.12. The van der Waals surface area contributed by atoms with Crippen molar-refractivity contribution in [1.29, 1.82) is 5.26 Å². The maximum atomic E-state index is 11.1. The first-order valence-electron chi connectivity index (χ1n) is 5.41.